The number of halogens is 4. The highest BCUT2D eigenvalue weighted by Crippen LogP contribution is 2.23. The standard InChI is InChI=1S/C12H10ClN3O2.C2HF3O2/c13-10-2-1-5-14-12(10)9-3-6-16(15-8-9)7-4-11(17)18;3-2(4,5)1(6)7/h1-3,5-6,8H,4,7H2;(H,6,7). The van der Waals surface area contributed by atoms with Crippen LogP contribution in [0.5, 0.6) is 0 Å². The van der Waals surface area contributed by atoms with E-state index in [0.29, 0.717) is 17.3 Å². The van der Waals surface area contributed by atoms with Crippen LogP contribution in [0.1, 0.15) is 6.42 Å². The van der Waals surface area contributed by atoms with Gasteiger partial charge in [0, 0.05) is 17.8 Å². The first kappa shape index (κ1) is 20.3. The number of carbonyl (C=O) groups excluding carboxylic acids is 1. The number of aliphatic carboxylic acids is 2. The molecule has 2 aromatic rings. The van der Waals surface area contributed by atoms with Gasteiger partial charge in [0.2, 0.25) is 0 Å². The zero-order valence-electron chi connectivity index (χ0n) is 12.4. The lowest BCUT2D eigenvalue weighted by molar-refractivity contribution is -0.752. The monoisotopic (exact) mass is 377 g/mol. The number of aryl methyl sites for hydroxylation is 1. The van der Waals surface area contributed by atoms with Gasteiger partial charge >= 0.3 is 12.1 Å². The molecule has 0 saturated heterocycles. The highest BCUT2D eigenvalue weighted by Gasteiger charge is 2.28. The maximum atomic E-state index is 10.5. The molecule has 0 spiro atoms. The van der Waals surface area contributed by atoms with Crippen molar-refractivity contribution >= 4 is 23.5 Å². The van der Waals surface area contributed by atoms with E-state index < -0.39 is 18.1 Å². The Morgan fingerprint density at radius 1 is 1.32 bits per heavy atom. The Labute approximate surface area is 144 Å². The molecule has 0 aromatic carbocycles. The molecular formula is C14H11ClF3N3O4. The molecule has 0 aliphatic heterocycles. The summed E-state index contributed by atoms with van der Waals surface area (Å²) in [7, 11) is 0. The third-order valence-electron chi connectivity index (χ3n) is 2.59. The van der Waals surface area contributed by atoms with Crippen LogP contribution in [0.3, 0.4) is 0 Å². The van der Waals surface area contributed by atoms with Crippen molar-refractivity contribution in [2.75, 3.05) is 0 Å². The number of nitrogens with zero attached hydrogens (tertiary/aromatic N) is 3. The lowest BCUT2D eigenvalue weighted by Gasteiger charge is -2.03. The summed E-state index contributed by atoms with van der Waals surface area (Å²) in [6.45, 7) is 0.339. The maximum absolute atomic E-state index is 10.5. The predicted octanol–water partition coefficient (Wildman–Crippen LogP) is 0.858. The van der Waals surface area contributed by atoms with Crippen LogP contribution < -0.4 is 9.79 Å². The second-order valence-electron chi connectivity index (χ2n) is 4.44. The summed E-state index contributed by atoms with van der Waals surface area (Å²) in [5.74, 6) is -3.85. The summed E-state index contributed by atoms with van der Waals surface area (Å²) in [5, 5.41) is 22.0. The summed E-state index contributed by atoms with van der Waals surface area (Å²) in [6.07, 6.45) is -0.159. The Morgan fingerprint density at radius 3 is 2.40 bits per heavy atom. The van der Waals surface area contributed by atoms with Crippen molar-refractivity contribution in [2.24, 2.45) is 0 Å². The topological polar surface area (TPSA) is 107 Å². The molecule has 0 unspecified atom stereocenters. The number of carboxylic acid groups (broad SMARTS) is 2. The minimum Gasteiger partial charge on any atom is -0.542 e. The molecule has 0 atom stereocenters. The molecule has 2 rings (SSSR count). The van der Waals surface area contributed by atoms with E-state index >= 15 is 0 Å². The second kappa shape index (κ2) is 8.92. The first-order valence-electron chi connectivity index (χ1n) is 6.58. The first-order chi connectivity index (χ1) is 11.6. The van der Waals surface area contributed by atoms with E-state index in [4.69, 9.17) is 26.6 Å². The fourth-order valence-electron chi connectivity index (χ4n) is 1.46. The van der Waals surface area contributed by atoms with Crippen LogP contribution in [0.25, 0.3) is 11.3 Å². The van der Waals surface area contributed by atoms with Gasteiger partial charge in [0.25, 0.3) is 0 Å². The molecule has 2 aromatic heterocycles. The third-order valence-corrected chi connectivity index (χ3v) is 2.89. The smallest absolute Gasteiger partial charge is 0.430 e. The van der Waals surface area contributed by atoms with Gasteiger partial charge in [-0.3, -0.25) is 9.78 Å². The molecule has 0 aliphatic carbocycles. The van der Waals surface area contributed by atoms with Crippen LogP contribution in [0, 0.1) is 0 Å². The number of rotatable bonds is 4. The lowest BCUT2D eigenvalue weighted by Crippen LogP contribution is -2.38. The van der Waals surface area contributed by atoms with Gasteiger partial charge in [-0.05, 0) is 17.2 Å². The highest BCUT2D eigenvalue weighted by atomic mass is 35.5. The van der Waals surface area contributed by atoms with Crippen LogP contribution in [-0.4, -0.2) is 33.3 Å². The molecule has 2 heterocycles. The average molecular weight is 378 g/mol. The van der Waals surface area contributed by atoms with E-state index in [1.165, 1.54) is 0 Å². The fraction of sp³-hybridized carbons (Fsp3) is 0.214. The highest BCUT2D eigenvalue weighted by molar-refractivity contribution is 6.32. The van der Waals surface area contributed by atoms with Crippen molar-refractivity contribution in [3.05, 3.63) is 41.8 Å². The maximum Gasteiger partial charge on any atom is 0.430 e. The zero-order valence-corrected chi connectivity index (χ0v) is 13.2. The van der Waals surface area contributed by atoms with E-state index in [2.05, 4.69) is 10.1 Å². The number of aromatic nitrogens is 3. The third kappa shape index (κ3) is 7.12. The van der Waals surface area contributed by atoms with Gasteiger partial charge in [0.1, 0.15) is 18.6 Å². The Hall–Kier alpha value is -2.75. The number of carbonyl (C=O) groups is 2. The molecule has 0 aliphatic rings. The molecule has 11 heteroatoms. The van der Waals surface area contributed by atoms with Gasteiger partial charge < -0.3 is 15.0 Å². The molecule has 134 valence electrons. The minimum atomic E-state index is -5.19. The van der Waals surface area contributed by atoms with E-state index in [0.717, 1.165) is 5.56 Å². The fourth-order valence-corrected chi connectivity index (χ4v) is 1.70. The summed E-state index contributed by atoms with van der Waals surface area (Å²) in [5.41, 5.74) is 1.46. The molecule has 7 nitrogen and oxygen atoms in total. The van der Waals surface area contributed by atoms with E-state index in [9.17, 15) is 18.0 Å². The summed E-state index contributed by atoms with van der Waals surface area (Å²) in [6, 6.07) is 5.33. The second-order valence-corrected chi connectivity index (χ2v) is 4.85. The quantitative estimate of drug-likeness (QED) is 0.792. The number of carboxylic acids is 2. The van der Waals surface area contributed by atoms with E-state index in [1.807, 2.05) is 6.07 Å². The van der Waals surface area contributed by atoms with Crippen LogP contribution in [0.4, 0.5) is 13.2 Å². The van der Waals surface area contributed by atoms with Crippen molar-refractivity contribution in [3.63, 3.8) is 0 Å². The van der Waals surface area contributed by atoms with Crippen molar-refractivity contribution in [2.45, 2.75) is 19.1 Å². The van der Waals surface area contributed by atoms with Gasteiger partial charge in [0.15, 0.2) is 12.7 Å². The van der Waals surface area contributed by atoms with E-state index in [-0.39, 0.29) is 6.42 Å². The Kier molecular flexibility index (Phi) is 7.24. The average Bonchev–Trinajstić information content (AvgIpc) is 2.53. The largest absolute Gasteiger partial charge is 0.542 e. The normalized spacial score (nSPS) is 10.6. The van der Waals surface area contributed by atoms with Crippen molar-refractivity contribution < 1.29 is 37.7 Å². The van der Waals surface area contributed by atoms with Gasteiger partial charge in [0.05, 0.1) is 10.7 Å². The molecule has 0 saturated carbocycles. The number of pyridine rings is 1. The van der Waals surface area contributed by atoms with Crippen LogP contribution in [-0.2, 0) is 16.1 Å². The Bertz CT molecular complexity index is 739. The lowest BCUT2D eigenvalue weighted by atomic mass is 10.2. The van der Waals surface area contributed by atoms with Gasteiger partial charge in [-0.15, -0.1) is 0 Å². The minimum absolute atomic E-state index is 0.0430. The van der Waals surface area contributed by atoms with Crippen LogP contribution in [0.2, 0.25) is 5.02 Å². The number of hydrogen-bond acceptors (Lipinski definition) is 5. The number of hydrogen-bond donors (Lipinski definition) is 1. The molecule has 0 fully saturated rings. The molecule has 1 N–H and O–H groups in total. The van der Waals surface area contributed by atoms with Gasteiger partial charge in [-0.1, -0.05) is 16.3 Å². The molecule has 0 amide bonds. The molecule has 0 radical (unpaired) electrons. The zero-order chi connectivity index (χ0) is 19.0. The van der Waals surface area contributed by atoms with Gasteiger partial charge in [-0.2, -0.15) is 13.2 Å². The number of alkyl halides is 3. The summed E-state index contributed by atoms with van der Waals surface area (Å²) >= 11 is 6.03. The molecule has 25 heavy (non-hydrogen) atoms. The van der Waals surface area contributed by atoms with Gasteiger partial charge in [-0.25, -0.2) is 0 Å². The Morgan fingerprint density at radius 2 is 1.96 bits per heavy atom. The SMILES string of the molecule is O=C(O)CC[n+]1ccc(-c2ncccc2Cl)cn1.O=C([O-])C(F)(F)F. The Balaban J connectivity index is 0.000000381. The van der Waals surface area contributed by atoms with Crippen molar-refractivity contribution in [1.82, 2.24) is 10.1 Å². The van der Waals surface area contributed by atoms with Crippen molar-refractivity contribution in [1.29, 1.82) is 0 Å². The molecular weight excluding hydrogens is 367 g/mol. The summed E-state index contributed by atoms with van der Waals surface area (Å²) < 4.78 is 33.1. The summed E-state index contributed by atoms with van der Waals surface area (Å²) in [4.78, 5) is 23.4. The van der Waals surface area contributed by atoms with Crippen molar-refractivity contribution in [3.8, 4) is 11.3 Å². The predicted molar refractivity (Wildman–Crippen MR) is 76.0 cm³/mol. The molecule has 0 bridgehead atoms. The van der Waals surface area contributed by atoms with E-state index in [1.54, 1.807) is 35.4 Å². The first-order valence-corrected chi connectivity index (χ1v) is 6.95. The van der Waals surface area contributed by atoms with Crippen LogP contribution >= 0.6 is 11.6 Å². The van der Waals surface area contributed by atoms with Crippen LogP contribution in [0.15, 0.2) is 36.8 Å².